The second-order valence-corrected chi connectivity index (χ2v) is 19.0. The Morgan fingerprint density at radius 2 is 1.02 bits per heavy atom. The van der Waals surface area contributed by atoms with Crippen LogP contribution in [0.1, 0.15) is 78.0 Å². The fraction of sp³-hybridized carbons (Fsp3) is 0.193. The van der Waals surface area contributed by atoms with Gasteiger partial charge in [0.1, 0.15) is 11.4 Å². The van der Waals surface area contributed by atoms with Crippen LogP contribution in [-0.2, 0) is 10.8 Å². The Morgan fingerprint density at radius 1 is 0.476 bits per heavy atom. The van der Waals surface area contributed by atoms with E-state index in [9.17, 15) is 5.11 Å². The van der Waals surface area contributed by atoms with Crippen LogP contribution in [0.2, 0.25) is 0 Å². The van der Waals surface area contributed by atoms with Gasteiger partial charge in [-0.05, 0) is 111 Å². The number of nitrogens with zero attached hydrogens (tertiary/aromatic N) is 3. The maximum atomic E-state index is 16.0. The van der Waals surface area contributed by atoms with E-state index in [0.717, 1.165) is 61.2 Å². The van der Waals surface area contributed by atoms with E-state index < -0.39 is 11.6 Å². The molecule has 6 aromatic carbocycles. The van der Waals surface area contributed by atoms with Gasteiger partial charge in [-0.3, -0.25) is 0 Å². The monoisotopic (exact) mass is 831 g/mol. The Balaban J connectivity index is 1.15. The van der Waals surface area contributed by atoms with E-state index in [1.54, 1.807) is 10.6 Å². The standard InChI is InChI=1S/C57H51F2N3O/c1-34(2)38-28-46(58)55(47(59)29-38)62-52-21-11-9-17-43(52)44-24-23-37(32-53(44)62)49-20-14-19-48(60-49)35-15-13-16-36(25-35)50-30-40(31-51(61-50)45-18-10-12-22-54(45)63)39-26-41(56(3,4)5)33-42(27-39)57(6,7)8/h9-34,63H,1-8H3. The molecular formula is C57H51F2N3O. The molecule has 3 aromatic heterocycles. The number of phenolic OH excluding ortho intramolecular Hbond substituents is 1. The lowest BCUT2D eigenvalue weighted by Crippen LogP contribution is -2.16. The molecule has 0 fully saturated rings. The summed E-state index contributed by atoms with van der Waals surface area (Å²) in [5.74, 6) is -1.06. The predicted octanol–water partition coefficient (Wildman–Crippen LogP) is 15.6. The summed E-state index contributed by atoms with van der Waals surface area (Å²) in [6.07, 6.45) is 0. The van der Waals surface area contributed by atoms with E-state index in [1.165, 1.54) is 23.3 Å². The van der Waals surface area contributed by atoms with Crippen molar-refractivity contribution in [1.82, 2.24) is 14.5 Å². The molecule has 3 heterocycles. The number of para-hydroxylation sites is 2. The molecule has 0 atom stereocenters. The lowest BCUT2D eigenvalue weighted by molar-refractivity contribution is 0.477. The summed E-state index contributed by atoms with van der Waals surface area (Å²) in [6.45, 7) is 17.3. The second kappa shape index (κ2) is 15.8. The topological polar surface area (TPSA) is 50.9 Å². The van der Waals surface area contributed by atoms with Crippen molar-refractivity contribution in [3.63, 3.8) is 0 Å². The Kier molecular flexibility index (Phi) is 10.4. The fourth-order valence-corrected chi connectivity index (χ4v) is 8.43. The van der Waals surface area contributed by atoms with Gasteiger partial charge in [0.2, 0.25) is 0 Å². The molecule has 314 valence electrons. The highest BCUT2D eigenvalue weighted by Gasteiger charge is 2.23. The summed E-state index contributed by atoms with van der Waals surface area (Å²) in [5, 5.41) is 12.8. The zero-order valence-corrected chi connectivity index (χ0v) is 37.1. The van der Waals surface area contributed by atoms with Crippen LogP contribution < -0.4 is 0 Å². The summed E-state index contributed by atoms with van der Waals surface area (Å²) in [5.41, 5.74) is 12.6. The van der Waals surface area contributed by atoms with Gasteiger partial charge in [0.25, 0.3) is 0 Å². The maximum absolute atomic E-state index is 16.0. The van der Waals surface area contributed by atoms with E-state index in [-0.39, 0.29) is 28.2 Å². The smallest absolute Gasteiger partial charge is 0.150 e. The van der Waals surface area contributed by atoms with Gasteiger partial charge in [0, 0.05) is 33.0 Å². The van der Waals surface area contributed by atoms with Crippen molar-refractivity contribution in [2.45, 2.75) is 72.1 Å². The van der Waals surface area contributed by atoms with Gasteiger partial charge >= 0.3 is 0 Å². The van der Waals surface area contributed by atoms with Crippen molar-refractivity contribution in [2.24, 2.45) is 0 Å². The third-order valence-corrected chi connectivity index (χ3v) is 12.1. The lowest BCUT2D eigenvalue weighted by Gasteiger charge is -2.26. The quantitative estimate of drug-likeness (QED) is 0.174. The largest absolute Gasteiger partial charge is 0.507 e. The van der Waals surface area contributed by atoms with Gasteiger partial charge in [-0.25, -0.2) is 18.7 Å². The summed E-state index contributed by atoms with van der Waals surface area (Å²) < 4.78 is 33.6. The molecule has 9 aromatic rings. The van der Waals surface area contributed by atoms with E-state index in [1.807, 2.05) is 105 Å². The third-order valence-electron chi connectivity index (χ3n) is 12.1. The number of rotatable bonds is 7. The van der Waals surface area contributed by atoms with Gasteiger partial charge in [-0.15, -0.1) is 0 Å². The highest BCUT2D eigenvalue weighted by atomic mass is 19.1. The van der Waals surface area contributed by atoms with Crippen LogP contribution in [0.25, 0.3) is 83.6 Å². The maximum Gasteiger partial charge on any atom is 0.150 e. The highest BCUT2D eigenvalue weighted by molar-refractivity contribution is 6.10. The Morgan fingerprint density at radius 3 is 1.67 bits per heavy atom. The minimum absolute atomic E-state index is 0.0207. The van der Waals surface area contributed by atoms with Gasteiger partial charge in [-0.1, -0.05) is 140 Å². The number of aromatic hydroxyl groups is 1. The van der Waals surface area contributed by atoms with Crippen molar-refractivity contribution >= 4 is 21.8 Å². The fourth-order valence-electron chi connectivity index (χ4n) is 8.43. The van der Waals surface area contributed by atoms with Gasteiger partial charge in [-0.2, -0.15) is 0 Å². The number of phenols is 1. The molecule has 0 radical (unpaired) electrons. The van der Waals surface area contributed by atoms with Gasteiger partial charge in [0.05, 0.1) is 33.8 Å². The molecule has 0 bridgehead atoms. The average molecular weight is 832 g/mol. The van der Waals surface area contributed by atoms with Crippen molar-refractivity contribution < 1.29 is 13.9 Å². The number of aromatic nitrogens is 3. The number of hydrogen-bond donors (Lipinski definition) is 1. The summed E-state index contributed by atoms with van der Waals surface area (Å²) >= 11 is 0. The normalized spacial score (nSPS) is 12.2. The predicted molar refractivity (Wildman–Crippen MR) is 257 cm³/mol. The lowest BCUT2D eigenvalue weighted by atomic mass is 9.79. The number of halogens is 2. The van der Waals surface area contributed by atoms with Crippen molar-refractivity contribution in [1.29, 1.82) is 0 Å². The van der Waals surface area contributed by atoms with E-state index in [2.05, 4.69) is 84.0 Å². The minimum Gasteiger partial charge on any atom is -0.507 e. The molecule has 0 amide bonds. The van der Waals surface area contributed by atoms with E-state index in [0.29, 0.717) is 22.3 Å². The first kappa shape index (κ1) is 41.4. The molecule has 0 aliphatic rings. The van der Waals surface area contributed by atoms with Crippen LogP contribution in [-0.4, -0.2) is 19.6 Å². The number of benzene rings is 6. The Bertz CT molecular complexity index is 3160. The average Bonchev–Trinajstić information content (AvgIpc) is 3.58. The molecule has 1 N–H and O–H groups in total. The van der Waals surface area contributed by atoms with Crippen LogP contribution in [0.4, 0.5) is 8.78 Å². The van der Waals surface area contributed by atoms with E-state index >= 15 is 8.78 Å². The molecule has 0 aliphatic carbocycles. The summed E-state index contributed by atoms with van der Waals surface area (Å²) in [4.78, 5) is 10.3. The zero-order valence-electron chi connectivity index (χ0n) is 37.1. The van der Waals surface area contributed by atoms with Gasteiger partial charge in [0.15, 0.2) is 11.6 Å². The first-order valence-corrected chi connectivity index (χ1v) is 21.6. The molecule has 9 rings (SSSR count). The molecule has 0 spiro atoms. The van der Waals surface area contributed by atoms with Crippen molar-refractivity contribution in [3.8, 4) is 67.6 Å². The van der Waals surface area contributed by atoms with Crippen LogP contribution in [0.5, 0.6) is 5.75 Å². The number of fused-ring (bicyclic) bond motifs is 3. The molecule has 0 aliphatic heterocycles. The SMILES string of the molecule is CC(C)c1cc(F)c(-n2c3ccccc3c3ccc(-c4cccc(-c5cccc(-c6cc(-c7cc(C(C)(C)C)cc(C(C)(C)C)c7)cc(-c7ccccc7O)n6)c5)n4)cc32)c(F)c1. The number of pyridine rings is 2. The molecule has 63 heavy (non-hydrogen) atoms. The van der Waals surface area contributed by atoms with Crippen molar-refractivity contribution in [2.75, 3.05) is 0 Å². The Hall–Kier alpha value is -6.92. The number of hydrogen-bond acceptors (Lipinski definition) is 3. The van der Waals surface area contributed by atoms with Gasteiger partial charge < -0.3 is 9.67 Å². The molecule has 0 unspecified atom stereocenters. The van der Waals surface area contributed by atoms with Crippen LogP contribution in [0.15, 0.2) is 152 Å². The summed E-state index contributed by atoms with van der Waals surface area (Å²) in [7, 11) is 0. The zero-order chi connectivity index (χ0) is 44.4. The first-order valence-electron chi connectivity index (χ1n) is 21.6. The Labute approximate surface area is 368 Å². The molecule has 4 nitrogen and oxygen atoms in total. The van der Waals surface area contributed by atoms with Crippen LogP contribution in [0.3, 0.4) is 0 Å². The van der Waals surface area contributed by atoms with Crippen LogP contribution in [0, 0.1) is 11.6 Å². The summed E-state index contributed by atoms with van der Waals surface area (Å²) in [6, 6.07) is 49.2. The second-order valence-electron chi connectivity index (χ2n) is 19.0. The molecular weight excluding hydrogens is 781 g/mol. The minimum atomic E-state index is -0.604. The van der Waals surface area contributed by atoms with Crippen molar-refractivity contribution in [3.05, 3.63) is 180 Å². The highest BCUT2D eigenvalue weighted by Crippen LogP contribution is 2.40. The molecule has 0 saturated heterocycles. The van der Waals surface area contributed by atoms with Crippen LogP contribution >= 0.6 is 0 Å². The first-order chi connectivity index (χ1) is 30.0. The molecule has 0 saturated carbocycles. The molecule has 6 heteroatoms. The third kappa shape index (κ3) is 7.91. The van der Waals surface area contributed by atoms with E-state index in [4.69, 9.17) is 9.97 Å².